The average Bonchev–Trinajstić information content (AvgIpc) is 2.98. The van der Waals surface area contributed by atoms with Crippen molar-refractivity contribution in [2.75, 3.05) is 12.4 Å². The molecule has 0 saturated carbocycles. The molecule has 2 aromatic heterocycles. The lowest BCUT2D eigenvalue weighted by molar-refractivity contribution is -0.141. The van der Waals surface area contributed by atoms with Crippen LogP contribution in [0.5, 0.6) is 0 Å². The van der Waals surface area contributed by atoms with E-state index in [1.807, 2.05) is 0 Å². The number of amides is 1. The fraction of sp³-hybridized carbons (Fsp3) is 0.182. The van der Waals surface area contributed by atoms with Crippen LogP contribution in [-0.2, 0) is 16.1 Å². The molecule has 0 bridgehead atoms. The van der Waals surface area contributed by atoms with Gasteiger partial charge in [0.05, 0.1) is 28.2 Å². The van der Waals surface area contributed by atoms with Gasteiger partial charge in [0.15, 0.2) is 0 Å². The van der Waals surface area contributed by atoms with E-state index in [-0.39, 0.29) is 12.5 Å². The molecule has 0 aliphatic carbocycles. The molecule has 2 rings (SSSR count). The summed E-state index contributed by atoms with van der Waals surface area (Å²) in [6.45, 7) is -0.00278. The van der Waals surface area contributed by atoms with E-state index in [0.717, 1.165) is 0 Å². The van der Waals surface area contributed by atoms with Gasteiger partial charge in [-0.05, 0) is 12.1 Å². The molecular weight excluding hydrogens is 290 g/mol. The first-order valence-corrected chi connectivity index (χ1v) is 6.44. The number of carbonyl (C=O) groups is 2. The standard InChI is InChI=1S/C11H10ClN3O3S/c1-18-10(16)6-15-5-7(4-13-15)14-11(17)8-2-3-9(12)19-8/h2-5H,6H2,1H3,(H,14,17). The zero-order valence-electron chi connectivity index (χ0n) is 9.92. The molecule has 1 amide bonds. The molecule has 1 N–H and O–H groups in total. The van der Waals surface area contributed by atoms with E-state index in [1.54, 1.807) is 18.3 Å². The number of anilines is 1. The van der Waals surface area contributed by atoms with E-state index in [4.69, 9.17) is 11.6 Å². The molecule has 0 fully saturated rings. The number of thiophene rings is 1. The van der Waals surface area contributed by atoms with Crippen molar-refractivity contribution < 1.29 is 14.3 Å². The molecule has 0 radical (unpaired) electrons. The van der Waals surface area contributed by atoms with Crippen LogP contribution in [0.2, 0.25) is 4.34 Å². The second-order valence-corrected chi connectivity index (χ2v) is 5.28. The predicted octanol–water partition coefficient (Wildman–Crippen LogP) is 2.02. The SMILES string of the molecule is COC(=O)Cn1cc(NC(=O)c2ccc(Cl)s2)cn1. The van der Waals surface area contributed by atoms with Crippen molar-refractivity contribution in [3.63, 3.8) is 0 Å². The van der Waals surface area contributed by atoms with Crippen LogP contribution >= 0.6 is 22.9 Å². The highest BCUT2D eigenvalue weighted by molar-refractivity contribution is 7.18. The Balaban J connectivity index is 2.00. The van der Waals surface area contributed by atoms with Crippen LogP contribution in [0.4, 0.5) is 5.69 Å². The van der Waals surface area contributed by atoms with Gasteiger partial charge in [0.2, 0.25) is 0 Å². The summed E-state index contributed by atoms with van der Waals surface area (Å²) in [4.78, 5) is 23.4. The molecule has 2 heterocycles. The first-order chi connectivity index (χ1) is 9.08. The molecule has 0 atom stereocenters. The minimum absolute atomic E-state index is 0.00278. The number of halogens is 1. The van der Waals surface area contributed by atoms with Crippen molar-refractivity contribution in [1.82, 2.24) is 9.78 Å². The number of methoxy groups -OCH3 is 1. The molecule has 100 valence electrons. The highest BCUT2D eigenvalue weighted by atomic mass is 35.5. The Labute approximate surface area is 117 Å². The summed E-state index contributed by atoms with van der Waals surface area (Å²) < 4.78 is 6.44. The summed E-state index contributed by atoms with van der Waals surface area (Å²) >= 11 is 6.94. The first-order valence-electron chi connectivity index (χ1n) is 5.24. The highest BCUT2D eigenvalue weighted by Gasteiger charge is 2.11. The van der Waals surface area contributed by atoms with Gasteiger partial charge in [-0.3, -0.25) is 14.3 Å². The Morgan fingerprint density at radius 1 is 1.53 bits per heavy atom. The molecule has 0 aliphatic rings. The second kappa shape index (κ2) is 5.85. The Hall–Kier alpha value is -1.86. The zero-order chi connectivity index (χ0) is 13.8. The number of ether oxygens (including phenoxy) is 1. The number of hydrogen-bond acceptors (Lipinski definition) is 5. The van der Waals surface area contributed by atoms with Gasteiger partial charge < -0.3 is 10.1 Å². The number of nitrogens with one attached hydrogen (secondary N) is 1. The number of esters is 1. The summed E-state index contributed by atoms with van der Waals surface area (Å²) in [5.74, 6) is -0.680. The second-order valence-electron chi connectivity index (χ2n) is 3.56. The van der Waals surface area contributed by atoms with Crippen molar-refractivity contribution in [2.45, 2.75) is 6.54 Å². The van der Waals surface area contributed by atoms with Crippen molar-refractivity contribution in [3.8, 4) is 0 Å². The summed E-state index contributed by atoms with van der Waals surface area (Å²) in [6.07, 6.45) is 3.00. The summed E-state index contributed by atoms with van der Waals surface area (Å²) in [7, 11) is 1.30. The van der Waals surface area contributed by atoms with E-state index >= 15 is 0 Å². The molecule has 0 aliphatic heterocycles. The normalized spacial score (nSPS) is 10.2. The number of nitrogens with zero attached hydrogens (tertiary/aromatic N) is 2. The number of hydrogen-bond donors (Lipinski definition) is 1. The van der Waals surface area contributed by atoms with E-state index in [9.17, 15) is 9.59 Å². The third-order valence-electron chi connectivity index (χ3n) is 2.21. The monoisotopic (exact) mass is 299 g/mol. The van der Waals surface area contributed by atoms with Crippen LogP contribution in [0.1, 0.15) is 9.67 Å². The van der Waals surface area contributed by atoms with E-state index in [1.165, 1.54) is 29.3 Å². The van der Waals surface area contributed by atoms with Crippen LogP contribution in [0.15, 0.2) is 24.5 Å². The third-order valence-corrected chi connectivity index (χ3v) is 3.44. The van der Waals surface area contributed by atoms with Crippen LogP contribution in [0.25, 0.3) is 0 Å². The smallest absolute Gasteiger partial charge is 0.327 e. The molecule has 2 aromatic rings. The maximum Gasteiger partial charge on any atom is 0.327 e. The lowest BCUT2D eigenvalue weighted by atomic mass is 10.4. The largest absolute Gasteiger partial charge is 0.468 e. The summed E-state index contributed by atoms with van der Waals surface area (Å²) in [5, 5.41) is 6.60. The van der Waals surface area contributed by atoms with Crippen LogP contribution < -0.4 is 5.32 Å². The minimum atomic E-state index is -0.411. The van der Waals surface area contributed by atoms with Crippen LogP contribution in [-0.4, -0.2) is 28.8 Å². The average molecular weight is 300 g/mol. The van der Waals surface area contributed by atoms with Crippen molar-refractivity contribution in [2.24, 2.45) is 0 Å². The van der Waals surface area contributed by atoms with Crippen LogP contribution in [0, 0.1) is 0 Å². The fourth-order valence-corrected chi connectivity index (χ4v) is 2.28. The Bertz CT molecular complexity index is 608. The minimum Gasteiger partial charge on any atom is -0.468 e. The fourth-order valence-electron chi connectivity index (χ4n) is 1.34. The number of carbonyl (C=O) groups excluding carboxylic acids is 2. The zero-order valence-corrected chi connectivity index (χ0v) is 11.5. The van der Waals surface area contributed by atoms with Gasteiger partial charge in [0.25, 0.3) is 5.91 Å². The van der Waals surface area contributed by atoms with Gasteiger partial charge in [0, 0.05) is 6.20 Å². The summed E-state index contributed by atoms with van der Waals surface area (Å²) in [6, 6.07) is 3.29. The molecule has 0 spiro atoms. The van der Waals surface area contributed by atoms with E-state index in [2.05, 4.69) is 15.2 Å². The maximum atomic E-state index is 11.8. The molecule has 0 aromatic carbocycles. The molecular formula is C11H10ClN3O3S. The Kier molecular flexibility index (Phi) is 4.18. The van der Waals surface area contributed by atoms with Crippen LogP contribution in [0.3, 0.4) is 0 Å². The highest BCUT2D eigenvalue weighted by Crippen LogP contribution is 2.22. The van der Waals surface area contributed by atoms with Gasteiger partial charge in [0.1, 0.15) is 6.54 Å². The first kappa shape index (κ1) is 13.6. The van der Waals surface area contributed by atoms with Gasteiger partial charge in [-0.1, -0.05) is 11.6 Å². The molecule has 0 unspecified atom stereocenters. The summed E-state index contributed by atoms with van der Waals surface area (Å²) in [5.41, 5.74) is 0.499. The topological polar surface area (TPSA) is 73.2 Å². The third kappa shape index (κ3) is 3.55. The van der Waals surface area contributed by atoms with Gasteiger partial charge in [-0.25, -0.2) is 0 Å². The Morgan fingerprint density at radius 2 is 2.32 bits per heavy atom. The van der Waals surface area contributed by atoms with Crippen molar-refractivity contribution in [1.29, 1.82) is 0 Å². The van der Waals surface area contributed by atoms with Crippen molar-refractivity contribution >= 4 is 40.5 Å². The van der Waals surface area contributed by atoms with E-state index in [0.29, 0.717) is 14.9 Å². The van der Waals surface area contributed by atoms with Gasteiger partial charge in [-0.15, -0.1) is 11.3 Å². The van der Waals surface area contributed by atoms with Gasteiger partial charge >= 0.3 is 5.97 Å². The molecule has 19 heavy (non-hydrogen) atoms. The molecule has 0 saturated heterocycles. The van der Waals surface area contributed by atoms with E-state index < -0.39 is 5.97 Å². The number of rotatable bonds is 4. The lowest BCUT2D eigenvalue weighted by Gasteiger charge is -1.99. The predicted molar refractivity (Wildman–Crippen MR) is 71.5 cm³/mol. The number of aromatic nitrogens is 2. The lowest BCUT2D eigenvalue weighted by Crippen LogP contribution is -2.12. The molecule has 6 nitrogen and oxygen atoms in total. The van der Waals surface area contributed by atoms with Crippen molar-refractivity contribution in [3.05, 3.63) is 33.7 Å². The van der Waals surface area contributed by atoms with Gasteiger partial charge in [-0.2, -0.15) is 5.10 Å². The molecule has 8 heteroatoms. The Morgan fingerprint density at radius 3 is 2.95 bits per heavy atom. The maximum absolute atomic E-state index is 11.8. The quantitative estimate of drug-likeness (QED) is 0.877.